The van der Waals surface area contributed by atoms with Crippen LogP contribution < -0.4 is 10.2 Å². The highest BCUT2D eigenvalue weighted by Gasteiger charge is 2.48. The molecule has 0 unspecified atom stereocenters. The molecular weight excluding hydrogens is 386 g/mol. The van der Waals surface area contributed by atoms with Crippen molar-refractivity contribution < 1.29 is 38.7 Å². The monoisotopic (exact) mass is 403 g/mol. The van der Waals surface area contributed by atoms with E-state index in [2.05, 4.69) is 9.72 Å². The molecule has 3 aliphatic rings. The first kappa shape index (κ1) is 19.3. The highest BCUT2D eigenvalue weighted by molar-refractivity contribution is 5.77. The Labute approximate surface area is 163 Å². The fourth-order valence-electron chi connectivity index (χ4n) is 3.05. The van der Waals surface area contributed by atoms with Gasteiger partial charge in [0.2, 0.25) is 6.29 Å². The van der Waals surface area contributed by atoms with Crippen LogP contribution in [0.4, 0.5) is 0 Å². The normalized spacial score (nSPS) is 27.1. The van der Waals surface area contributed by atoms with Crippen LogP contribution in [0.5, 0.6) is 5.75 Å². The number of ether oxygens (including phenoxy) is 3. The van der Waals surface area contributed by atoms with E-state index in [1.807, 2.05) is 0 Å². The van der Waals surface area contributed by atoms with Crippen molar-refractivity contribution in [2.24, 2.45) is 0 Å². The van der Waals surface area contributed by atoms with Gasteiger partial charge in [0.05, 0.1) is 7.11 Å². The molecule has 0 spiro atoms. The molecule has 5 atom stereocenters. The molecule has 0 aromatic heterocycles. The number of aliphatic hydroxyl groups excluding tert-OH is 3. The van der Waals surface area contributed by atoms with Gasteiger partial charge < -0.3 is 33.9 Å². The summed E-state index contributed by atoms with van der Waals surface area (Å²) in [7, 11) is 1.10. The van der Waals surface area contributed by atoms with Gasteiger partial charge in [-0.25, -0.2) is 9.78 Å². The molecule has 3 N–H and O–H groups in total. The summed E-state index contributed by atoms with van der Waals surface area (Å²) in [5, 5.41) is 30.1. The molecule has 10 nitrogen and oxygen atoms in total. The van der Waals surface area contributed by atoms with E-state index in [9.17, 15) is 24.9 Å². The maximum Gasteiger partial charge on any atom is 0.337 e. The Morgan fingerprint density at radius 2 is 1.86 bits per heavy atom. The van der Waals surface area contributed by atoms with Gasteiger partial charge >= 0.3 is 5.97 Å². The number of aromatic nitrogens is 1. The van der Waals surface area contributed by atoms with Crippen LogP contribution in [0.3, 0.4) is 0 Å². The standard InChI is InChI=1S/C19H17NO9/c1-26-18(25)17-15(23)14(22)16(24)19(29-17)27-9-3-5-11-13(7-9)28-12-6-8(21)2-4-10(12)20-11/h2-7,14-17,19,22-24H,1H3/t14-,15-,16+,17-,19+/m0/s1. The van der Waals surface area contributed by atoms with Crippen molar-refractivity contribution in [3.05, 3.63) is 46.6 Å². The fourth-order valence-corrected chi connectivity index (χ4v) is 3.05. The number of nitrogens with zero attached hydrogens (tertiary/aromatic N) is 1. The number of carbonyl (C=O) groups is 1. The van der Waals surface area contributed by atoms with Crippen LogP contribution in [0.25, 0.3) is 22.6 Å². The van der Waals surface area contributed by atoms with Crippen LogP contribution in [0.15, 0.2) is 45.6 Å². The van der Waals surface area contributed by atoms with Crippen LogP contribution in [0.1, 0.15) is 0 Å². The lowest BCUT2D eigenvalue weighted by atomic mass is 9.99. The lowest BCUT2D eigenvalue weighted by molar-refractivity contribution is -0.271. The highest BCUT2D eigenvalue weighted by Crippen LogP contribution is 2.29. The largest absolute Gasteiger partial charge is 0.467 e. The van der Waals surface area contributed by atoms with Crippen molar-refractivity contribution >= 4 is 17.1 Å². The summed E-state index contributed by atoms with van der Waals surface area (Å²) in [6, 6.07) is 8.82. The molecule has 4 rings (SSSR count). The first-order valence-electron chi connectivity index (χ1n) is 8.66. The average molecular weight is 403 g/mol. The maximum atomic E-state index is 11.7. The number of benzene rings is 2. The van der Waals surface area contributed by atoms with Crippen molar-refractivity contribution in [1.82, 2.24) is 4.98 Å². The Kier molecular flexibility index (Phi) is 4.92. The number of esters is 1. The number of methoxy groups -OCH3 is 1. The van der Waals surface area contributed by atoms with Gasteiger partial charge in [0, 0.05) is 12.1 Å². The van der Waals surface area contributed by atoms with Gasteiger partial charge in [0.15, 0.2) is 22.9 Å². The molecule has 2 heterocycles. The number of carbonyl (C=O) groups excluding carboxylic acids is 1. The summed E-state index contributed by atoms with van der Waals surface area (Å²) < 4.78 is 21.1. The second-order valence-corrected chi connectivity index (χ2v) is 6.51. The van der Waals surface area contributed by atoms with Crippen molar-refractivity contribution in [1.29, 1.82) is 0 Å². The molecule has 152 valence electrons. The summed E-state index contributed by atoms with van der Waals surface area (Å²) >= 11 is 0. The number of rotatable bonds is 3. The predicted molar refractivity (Wildman–Crippen MR) is 96.2 cm³/mol. The summed E-state index contributed by atoms with van der Waals surface area (Å²) in [4.78, 5) is 27.7. The lowest BCUT2D eigenvalue weighted by Crippen LogP contribution is -2.61. The third-order valence-corrected chi connectivity index (χ3v) is 4.58. The fraction of sp³-hybridized carbons (Fsp3) is 0.316. The first-order valence-corrected chi connectivity index (χ1v) is 8.66. The molecule has 0 bridgehead atoms. The summed E-state index contributed by atoms with van der Waals surface area (Å²) in [5.41, 5.74) is 1.08. The Morgan fingerprint density at radius 1 is 1.07 bits per heavy atom. The first-order chi connectivity index (χ1) is 13.9. The van der Waals surface area contributed by atoms with Gasteiger partial charge in [-0.15, -0.1) is 0 Å². The zero-order valence-electron chi connectivity index (χ0n) is 15.1. The second-order valence-electron chi connectivity index (χ2n) is 6.51. The zero-order valence-corrected chi connectivity index (χ0v) is 15.1. The van der Waals surface area contributed by atoms with Crippen molar-refractivity contribution in [2.75, 3.05) is 7.11 Å². The van der Waals surface area contributed by atoms with Crippen LogP contribution in [0.2, 0.25) is 0 Å². The van der Waals surface area contributed by atoms with Gasteiger partial charge in [-0.1, -0.05) is 0 Å². The predicted octanol–water partition coefficient (Wildman–Crippen LogP) is -0.348. The molecular formula is C19H17NO9. The van der Waals surface area contributed by atoms with E-state index in [0.717, 1.165) is 7.11 Å². The molecule has 1 saturated heterocycles. The number of aliphatic hydroxyl groups is 3. The highest BCUT2D eigenvalue weighted by atomic mass is 16.7. The second kappa shape index (κ2) is 7.41. The Balaban J connectivity index is 1.64. The third kappa shape index (κ3) is 3.54. The maximum absolute atomic E-state index is 11.7. The van der Waals surface area contributed by atoms with E-state index in [1.165, 1.54) is 24.3 Å². The van der Waals surface area contributed by atoms with E-state index in [4.69, 9.17) is 13.9 Å². The number of hydrogen-bond acceptors (Lipinski definition) is 10. The number of fused-ring (bicyclic) bond motifs is 2. The molecule has 0 saturated carbocycles. The molecule has 1 aromatic rings. The van der Waals surface area contributed by atoms with Gasteiger partial charge in [-0.05, 0) is 24.3 Å². The quantitative estimate of drug-likeness (QED) is 0.391. The molecule has 1 fully saturated rings. The molecule has 10 heteroatoms. The van der Waals surface area contributed by atoms with E-state index < -0.39 is 36.7 Å². The van der Waals surface area contributed by atoms with Crippen molar-refractivity contribution in [3.63, 3.8) is 0 Å². The molecule has 2 aliphatic heterocycles. The Hall–Kier alpha value is -3.05. The van der Waals surface area contributed by atoms with E-state index in [0.29, 0.717) is 22.6 Å². The van der Waals surface area contributed by atoms with Gasteiger partial charge in [0.1, 0.15) is 35.3 Å². The Morgan fingerprint density at radius 3 is 2.62 bits per heavy atom. The van der Waals surface area contributed by atoms with Crippen molar-refractivity contribution in [2.45, 2.75) is 30.7 Å². The van der Waals surface area contributed by atoms with Crippen LogP contribution >= 0.6 is 0 Å². The SMILES string of the molecule is COC(=O)[C@H]1O[C@@H](Oc2ccc3nc4ccc(=O)cc-4oc3c2)[C@H](O)[C@@H](O)[C@@H]1O. The van der Waals surface area contributed by atoms with E-state index in [-0.39, 0.29) is 11.2 Å². The minimum Gasteiger partial charge on any atom is -0.467 e. The van der Waals surface area contributed by atoms with E-state index >= 15 is 0 Å². The Bertz CT molecular complexity index is 1080. The van der Waals surface area contributed by atoms with Crippen molar-refractivity contribution in [3.8, 4) is 17.2 Å². The topological polar surface area (TPSA) is 149 Å². The van der Waals surface area contributed by atoms with Crippen LogP contribution in [-0.4, -0.2) is 64.1 Å². The van der Waals surface area contributed by atoms with Crippen LogP contribution in [-0.2, 0) is 14.3 Å². The summed E-state index contributed by atoms with van der Waals surface area (Å²) in [6.07, 6.45) is -7.99. The van der Waals surface area contributed by atoms with Gasteiger partial charge in [0.25, 0.3) is 0 Å². The van der Waals surface area contributed by atoms with Crippen LogP contribution in [0, 0.1) is 0 Å². The summed E-state index contributed by atoms with van der Waals surface area (Å²) in [5.74, 6) is -0.452. The lowest BCUT2D eigenvalue weighted by Gasteiger charge is -2.38. The zero-order chi connectivity index (χ0) is 20.7. The van der Waals surface area contributed by atoms with Gasteiger partial charge in [-0.3, -0.25) is 4.79 Å². The average Bonchev–Trinajstić information content (AvgIpc) is 2.72. The summed E-state index contributed by atoms with van der Waals surface area (Å²) in [6.45, 7) is 0. The molecule has 0 radical (unpaired) electrons. The molecule has 29 heavy (non-hydrogen) atoms. The molecule has 0 amide bonds. The molecule has 1 aromatic carbocycles. The minimum absolute atomic E-state index is 0.178. The smallest absolute Gasteiger partial charge is 0.337 e. The minimum atomic E-state index is -1.69. The third-order valence-electron chi connectivity index (χ3n) is 4.58. The van der Waals surface area contributed by atoms with Gasteiger partial charge in [-0.2, -0.15) is 0 Å². The number of hydrogen-bond donors (Lipinski definition) is 3. The molecule has 1 aliphatic carbocycles. The van der Waals surface area contributed by atoms with E-state index in [1.54, 1.807) is 12.1 Å².